The number of hydrogen-bond acceptors (Lipinski definition) is 0. The van der Waals surface area contributed by atoms with E-state index in [2.05, 4.69) is 258 Å². The minimum Gasteiger partial charge on any atom is -0.168 e. The molecule has 332 valence electrons. The smallest absolute Gasteiger partial charge is 0.0809 e. The fourth-order valence-electron chi connectivity index (χ4n) is 7.33. The van der Waals surface area contributed by atoms with E-state index in [1.165, 1.54) is 136 Å². The quantitative estimate of drug-likeness (QED) is 0.133. The van der Waals surface area contributed by atoms with Crippen LogP contribution in [0.2, 0.25) is 0 Å². The predicted molar refractivity (Wildman–Crippen MR) is 271 cm³/mol. The molecule has 0 bridgehead atoms. The van der Waals surface area contributed by atoms with Crippen LogP contribution in [0.3, 0.4) is 0 Å². The zero-order chi connectivity index (χ0) is 45.2. The number of allylic oxidation sites excluding steroid dienone is 8. The molecule has 0 N–H and O–H groups in total. The van der Waals surface area contributed by atoms with Crippen LogP contribution in [0.5, 0.6) is 0 Å². The molecule has 66 heavy (non-hydrogen) atoms. The molecule has 0 aliphatic heterocycles. The van der Waals surface area contributed by atoms with Gasteiger partial charge in [-0.15, -0.1) is 72.1 Å². The average molecular weight is 1060 g/mol. The maximum Gasteiger partial charge on any atom is -0.0809 e. The summed E-state index contributed by atoms with van der Waals surface area (Å²) in [5.74, 6) is 0. The van der Waals surface area contributed by atoms with Gasteiger partial charge in [-0.3, -0.25) is 12.2 Å². The van der Waals surface area contributed by atoms with Crippen LogP contribution in [0, 0.1) is 12.2 Å². The first-order valence-corrected chi connectivity index (χ1v) is 25.1. The topological polar surface area (TPSA) is 0 Å². The third kappa shape index (κ3) is 18.3. The zero-order valence-electron chi connectivity index (χ0n) is 38.8. The monoisotopic (exact) mass is 1050 g/mol. The summed E-state index contributed by atoms with van der Waals surface area (Å²) < 4.78 is 2.83. The molecule has 0 spiro atoms. The van der Waals surface area contributed by atoms with Crippen molar-refractivity contribution in [3.63, 3.8) is 0 Å². The van der Waals surface area contributed by atoms with Crippen LogP contribution in [0.25, 0.3) is 21.5 Å². The third-order valence-corrected chi connectivity index (χ3v) is 13.9. The van der Waals surface area contributed by atoms with Crippen molar-refractivity contribution in [1.29, 1.82) is 0 Å². The number of benzene rings is 6. The fraction of sp³-hybridized carbons (Fsp3) is 0.161. The fourth-order valence-corrected chi connectivity index (χ4v) is 8.97. The van der Waals surface area contributed by atoms with Gasteiger partial charge in [0.25, 0.3) is 0 Å². The van der Waals surface area contributed by atoms with Gasteiger partial charge in [-0.1, -0.05) is 65.5 Å². The van der Waals surface area contributed by atoms with Gasteiger partial charge in [-0.05, 0) is 0 Å². The Morgan fingerprint density at radius 3 is 0.939 bits per heavy atom. The molecule has 0 atom stereocenters. The van der Waals surface area contributed by atoms with Gasteiger partial charge in [-0.2, -0.15) is 57.3 Å². The minimum atomic E-state index is 0. The standard InChI is InChI=1S/2C13H10.2C9H7.2C9H13.2ClH.2Zr/c2*1-3-7-12(8-4-1)11-13-9-5-2-6-10-13;2*1-2-5-9-7-3-6-8(9)4-1;2*1-3-8-6-5-7-9(8)4-2;;;;/h2*1-10H;2*1-7H;2*6H,3-4,7H2,1-2H3;2*1H;;/q;;4*-1;;;2*+2/p-2. The Morgan fingerprint density at radius 2 is 0.682 bits per heavy atom. The van der Waals surface area contributed by atoms with Gasteiger partial charge in [0.05, 0.1) is 0 Å². The number of fused-ring (bicyclic) bond motifs is 2. The summed E-state index contributed by atoms with van der Waals surface area (Å²) in [6, 6.07) is 71.6. The largest absolute Gasteiger partial charge is 0.168 e. The first-order valence-electron chi connectivity index (χ1n) is 22.6. The van der Waals surface area contributed by atoms with Crippen molar-refractivity contribution >= 4 is 28.0 Å². The summed E-state index contributed by atoms with van der Waals surface area (Å²) in [5.41, 5.74) is 11.5. The first-order chi connectivity index (χ1) is 31.4. The van der Waals surface area contributed by atoms with Crippen LogP contribution < -0.4 is 24.8 Å². The van der Waals surface area contributed by atoms with Crippen LogP contribution in [-0.4, -0.2) is 6.41 Å². The van der Waals surface area contributed by atoms with Gasteiger partial charge in [0.15, 0.2) is 0 Å². The van der Waals surface area contributed by atoms with E-state index in [4.69, 9.17) is 0 Å². The maximum atomic E-state index is 3.23. The van der Waals surface area contributed by atoms with Crippen molar-refractivity contribution in [2.24, 2.45) is 0 Å². The molecular weight excluding hydrogens is 998 g/mol. The molecule has 0 saturated carbocycles. The number of hydrogen-bond donors (Lipinski definition) is 0. The summed E-state index contributed by atoms with van der Waals surface area (Å²) in [6.45, 7) is 8.83. The second kappa shape index (κ2) is 32.3. The van der Waals surface area contributed by atoms with Crippen molar-refractivity contribution in [3.05, 3.63) is 275 Å². The minimum absolute atomic E-state index is 0. The normalized spacial score (nSPS) is 11.8. The molecule has 0 saturated heterocycles. The van der Waals surface area contributed by atoms with Crippen molar-refractivity contribution in [3.8, 4) is 0 Å². The second-order valence-electron chi connectivity index (χ2n) is 15.2. The molecule has 8 aromatic carbocycles. The molecule has 0 amide bonds. The Bertz CT molecular complexity index is 2380. The Labute approximate surface area is 438 Å². The van der Waals surface area contributed by atoms with Crippen molar-refractivity contribution in [2.75, 3.05) is 0 Å². The van der Waals surface area contributed by atoms with Crippen LogP contribution in [-0.2, 0) is 48.5 Å². The molecule has 2 aliphatic carbocycles. The summed E-state index contributed by atoms with van der Waals surface area (Å²) in [6.07, 6.45) is 17.6. The van der Waals surface area contributed by atoms with Crippen molar-refractivity contribution in [2.45, 2.75) is 66.2 Å². The van der Waals surface area contributed by atoms with Gasteiger partial charge >= 0.3 is 198 Å². The molecule has 0 fully saturated rings. The Hall–Kier alpha value is -4.41. The van der Waals surface area contributed by atoms with Crippen molar-refractivity contribution < 1.29 is 73.3 Å². The Morgan fingerprint density at radius 1 is 0.394 bits per heavy atom. The Balaban J connectivity index is 0.000000211. The van der Waals surface area contributed by atoms with Crippen LogP contribution >= 0.6 is 0 Å². The van der Waals surface area contributed by atoms with Gasteiger partial charge in [0.1, 0.15) is 0 Å². The average Bonchev–Trinajstić information content (AvgIpc) is 4.23. The molecule has 0 unspecified atom stereocenters. The number of rotatable bonds is 8. The Kier molecular flexibility index (Phi) is 27.4. The number of halogens is 2. The van der Waals surface area contributed by atoms with Gasteiger partial charge in [0, 0.05) is 0 Å². The van der Waals surface area contributed by atoms with E-state index in [1.807, 2.05) is 0 Å². The van der Waals surface area contributed by atoms with E-state index in [9.17, 15) is 0 Å². The SMILES string of the molecule is CCC1=C(CC)C[C-]=C1.CCC1=C(CC)C[C-]=C1.[Cl-].[Cl-].[Zr+2]=[C](c1ccccc1)c1ccccc1.[Zr+2]=[C](c1ccccc1)c1ccccc1.c1ccc2[cH-]ccc2c1.c1ccc2[cH-]ccc2c1. The molecule has 0 nitrogen and oxygen atoms in total. The molecule has 10 rings (SSSR count). The van der Waals surface area contributed by atoms with Gasteiger partial charge in [0.2, 0.25) is 0 Å². The summed E-state index contributed by atoms with van der Waals surface area (Å²) in [4.78, 5) is 0. The molecule has 0 heterocycles. The van der Waals surface area contributed by atoms with Gasteiger partial charge < -0.3 is 24.8 Å². The summed E-state index contributed by atoms with van der Waals surface area (Å²) in [7, 11) is 0. The van der Waals surface area contributed by atoms with Crippen LogP contribution in [0.4, 0.5) is 0 Å². The van der Waals surface area contributed by atoms with Crippen LogP contribution in [0.15, 0.2) is 241 Å². The van der Waals surface area contributed by atoms with E-state index in [0.717, 1.165) is 12.8 Å². The van der Waals surface area contributed by atoms with Gasteiger partial charge in [-0.25, -0.2) is 12.2 Å². The molecular formula is C62H60Cl2Zr2-2. The van der Waals surface area contributed by atoms with Crippen LogP contribution in [0.1, 0.15) is 88.5 Å². The molecule has 8 aromatic rings. The first kappa shape index (κ1) is 55.9. The maximum absolute atomic E-state index is 3.23. The third-order valence-electron chi connectivity index (χ3n) is 11.1. The predicted octanol–water partition coefficient (Wildman–Crippen LogP) is 10.5. The van der Waals surface area contributed by atoms with E-state index in [1.54, 1.807) is 11.1 Å². The van der Waals surface area contributed by atoms with E-state index in [0.29, 0.717) is 0 Å². The zero-order valence-corrected chi connectivity index (χ0v) is 45.2. The summed E-state index contributed by atoms with van der Waals surface area (Å²) >= 11 is 2.92. The molecule has 2 aliphatic rings. The molecule has 0 aromatic heterocycles. The molecule has 0 radical (unpaired) electrons. The van der Waals surface area contributed by atoms with E-state index < -0.39 is 0 Å². The van der Waals surface area contributed by atoms with E-state index >= 15 is 0 Å². The van der Waals surface area contributed by atoms with Crippen molar-refractivity contribution in [1.82, 2.24) is 0 Å². The molecule has 4 heteroatoms. The van der Waals surface area contributed by atoms with E-state index in [-0.39, 0.29) is 24.8 Å². The summed E-state index contributed by atoms with van der Waals surface area (Å²) in [5, 5.41) is 5.32. The second-order valence-corrected chi connectivity index (χ2v) is 17.7.